The molecule has 1 aliphatic carbocycles. The quantitative estimate of drug-likeness (QED) is 0.851. The molecule has 15 heavy (non-hydrogen) atoms. The van der Waals surface area contributed by atoms with Gasteiger partial charge in [0.2, 0.25) is 0 Å². The highest BCUT2D eigenvalue weighted by Crippen LogP contribution is 2.61. The molecule has 1 aliphatic rings. The molecule has 0 bridgehead atoms. The molecule has 1 N–H and O–H groups in total. The van der Waals surface area contributed by atoms with Gasteiger partial charge in [-0.25, -0.2) is 8.78 Å². The maximum absolute atomic E-state index is 13.0. The van der Waals surface area contributed by atoms with Gasteiger partial charge in [-0.05, 0) is 12.1 Å². The second-order valence-corrected chi connectivity index (χ2v) is 3.89. The molecule has 1 saturated carbocycles. The normalized spacial score (nSPS) is 27.4. The molecular formula is C9H6ClF2NO2. The number of alkyl halides is 2. The van der Waals surface area contributed by atoms with E-state index in [2.05, 4.69) is 4.98 Å². The summed E-state index contributed by atoms with van der Waals surface area (Å²) in [6.45, 7) is 0. The fourth-order valence-electron chi connectivity index (χ4n) is 1.54. The average Bonchev–Trinajstić information content (AvgIpc) is 2.72. The van der Waals surface area contributed by atoms with Crippen molar-refractivity contribution in [1.29, 1.82) is 0 Å². The number of carboxylic acids is 1. The first-order valence-electron chi connectivity index (χ1n) is 4.13. The van der Waals surface area contributed by atoms with Gasteiger partial charge >= 0.3 is 5.97 Å². The minimum atomic E-state index is -3.22. The molecule has 3 nitrogen and oxygen atoms in total. The molecule has 80 valence electrons. The van der Waals surface area contributed by atoms with Gasteiger partial charge in [0.15, 0.2) is 5.41 Å². The van der Waals surface area contributed by atoms with Crippen LogP contribution in [0.5, 0.6) is 0 Å². The number of nitrogens with zero attached hydrogens (tertiary/aromatic N) is 1. The molecule has 1 fully saturated rings. The monoisotopic (exact) mass is 233 g/mol. The number of aromatic nitrogens is 1. The third kappa shape index (κ3) is 1.30. The average molecular weight is 234 g/mol. The van der Waals surface area contributed by atoms with Crippen LogP contribution in [0.2, 0.25) is 5.02 Å². The topological polar surface area (TPSA) is 50.2 Å². The molecule has 1 atom stereocenters. The van der Waals surface area contributed by atoms with Crippen LogP contribution < -0.4 is 0 Å². The van der Waals surface area contributed by atoms with Crippen LogP contribution in [-0.2, 0) is 10.2 Å². The Labute approximate surface area is 88.7 Å². The Hall–Kier alpha value is -1.23. The van der Waals surface area contributed by atoms with Gasteiger partial charge in [0.05, 0.1) is 10.7 Å². The lowest BCUT2D eigenvalue weighted by Gasteiger charge is -2.09. The fraction of sp³-hybridized carbons (Fsp3) is 0.333. The van der Waals surface area contributed by atoms with E-state index in [9.17, 15) is 13.6 Å². The summed E-state index contributed by atoms with van der Waals surface area (Å²) in [6.07, 6.45) is 0.458. The van der Waals surface area contributed by atoms with Crippen LogP contribution in [-0.4, -0.2) is 22.0 Å². The molecule has 1 unspecified atom stereocenters. The molecule has 0 radical (unpaired) electrons. The van der Waals surface area contributed by atoms with E-state index in [1.165, 1.54) is 12.1 Å². The number of aliphatic carboxylic acids is 1. The second kappa shape index (κ2) is 2.88. The van der Waals surface area contributed by atoms with Crippen molar-refractivity contribution < 1.29 is 18.7 Å². The summed E-state index contributed by atoms with van der Waals surface area (Å²) in [5.41, 5.74) is -2.30. The minimum absolute atomic E-state index is 0.149. The van der Waals surface area contributed by atoms with Crippen LogP contribution in [0, 0.1) is 0 Å². The van der Waals surface area contributed by atoms with Gasteiger partial charge in [-0.2, -0.15) is 0 Å². The third-order valence-electron chi connectivity index (χ3n) is 2.52. The summed E-state index contributed by atoms with van der Waals surface area (Å²) in [7, 11) is 0. The van der Waals surface area contributed by atoms with Gasteiger partial charge < -0.3 is 5.11 Å². The first-order chi connectivity index (χ1) is 6.90. The Balaban J connectivity index is 2.45. The van der Waals surface area contributed by atoms with E-state index >= 15 is 0 Å². The van der Waals surface area contributed by atoms with Gasteiger partial charge in [0.1, 0.15) is 0 Å². The van der Waals surface area contributed by atoms with Crippen molar-refractivity contribution in [2.75, 3.05) is 0 Å². The van der Waals surface area contributed by atoms with Crippen LogP contribution in [0.4, 0.5) is 8.78 Å². The van der Waals surface area contributed by atoms with Gasteiger partial charge in [0, 0.05) is 12.6 Å². The molecule has 0 amide bonds. The van der Waals surface area contributed by atoms with Gasteiger partial charge in [0.25, 0.3) is 5.92 Å². The van der Waals surface area contributed by atoms with E-state index in [0.717, 1.165) is 6.20 Å². The first-order valence-corrected chi connectivity index (χ1v) is 4.51. The van der Waals surface area contributed by atoms with Crippen LogP contribution >= 0.6 is 11.6 Å². The maximum atomic E-state index is 13.0. The molecule has 6 heteroatoms. The Morgan fingerprint density at radius 3 is 2.47 bits per heavy atom. The lowest BCUT2D eigenvalue weighted by Crippen LogP contribution is -2.28. The summed E-state index contributed by atoms with van der Waals surface area (Å²) in [5.74, 6) is -4.78. The van der Waals surface area contributed by atoms with Crippen molar-refractivity contribution in [1.82, 2.24) is 4.98 Å². The largest absolute Gasteiger partial charge is 0.480 e. The molecule has 0 aromatic carbocycles. The molecule has 2 rings (SSSR count). The van der Waals surface area contributed by atoms with Crippen molar-refractivity contribution in [2.24, 2.45) is 0 Å². The van der Waals surface area contributed by atoms with E-state index in [4.69, 9.17) is 16.7 Å². The van der Waals surface area contributed by atoms with E-state index in [1.54, 1.807) is 0 Å². The van der Waals surface area contributed by atoms with Crippen LogP contribution in [0.3, 0.4) is 0 Å². The minimum Gasteiger partial charge on any atom is -0.480 e. The van der Waals surface area contributed by atoms with Crippen molar-refractivity contribution in [2.45, 2.75) is 17.8 Å². The summed E-state index contributed by atoms with van der Waals surface area (Å²) < 4.78 is 26.1. The molecule has 0 saturated heterocycles. The molecular weight excluding hydrogens is 228 g/mol. The zero-order chi connectivity index (χ0) is 11.3. The Kier molecular flexibility index (Phi) is 1.98. The number of pyridine rings is 1. The standard InChI is InChI=1S/C9H6ClF2NO2/c10-5-1-2-6(13-3-5)8(7(14)15)4-9(8,11)12/h1-3H,4H2,(H,14,15). The number of carbonyl (C=O) groups is 1. The van der Waals surface area contributed by atoms with Crippen LogP contribution in [0.1, 0.15) is 12.1 Å². The van der Waals surface area contributed by atoms with Crippen molar-refractivity contribution in [3.05, 3.63) is 29.0 Å². The number of hydrogen-bond acceptors (Lipinski definition) is 2. The number of halogens is 3. The predicted octanol–water partition coefficient (Wildman–Crippen LogP) is 2.10. The highest BCUT2D eigenvalue weighted by Gasteiger charge is 2.78. The van der Waals surface area contributed by atoms with Crippen LogP contribution in [0.25, 0.3) is 0 Å². The summed E-state index contributed by atoms with van der Waals surface area (Å²) in [4.78, 5) is 14.5. The molecule has 0 aliphatic heterocycles. The lowest BCUT2D eigenvalue weighted by atomic mass is 10.0. The zero-order valence-corrected chi connectivity index (χ0v) is 8.13. The molecule has 1 aromatic heterocycles. The Bertz CT molecular complexity index is 421. The molecule has 1 aromatic rings. The van der Waals surface area contributed by atoms with E-state index in [-0.39, 0.29) is 10.7 Å². The fourth-order valence-corrected chi connectivity index (χ4v) is 1.65. The SMILES string of the molecule is O=C(O)C1(c2ccc(Cl)cn2)CC1(F)F. The zero-order valence-electron chi connectivity index (χ0n) is 7.38. The smallest absolute Gasteiger partial charge is 0.322 e. The van der Waals surface area contributed by atoms with Crippen molar-refractivity contribution in [3.63, 3.8) is 0 Å². The van der Waals surface area contributed by atoms with Crippen LogP contribution in [0.15, 0.2) is 18.3 Å². The van der Waals surface area contributed by atoms with Crippen molar-refractivity contribution in [3.8, 4) is 0 Å². The number of carboxylic acid groups (broad SMARTS) is 1. The third-order valence-corrected chi connectivity index (χ3v) is 2.74. The second-order valence-electron chi connectivity index (χ2n) is 3.45. The highest BCUT2D eigenvalue weighted by atomic mass is 35.5. The number of hydrogen-bond donors (Lipinski definition) is 1. The lowest BCUT2D eigenvalue weighted by molar-refractivity contribution is -0.143. The number of rotatable bonds is 2. The summed E-state index contributed by atoms with van der Waals surface area (Å²) in [5, 5.41) is 9.09. The van der Waals surface area contributed by atoms with E-state index in [0.29, 0.717) is 0 Å². The van der Waals surface area contributed by atoms with Gasteiger partial charge in [-0.15, -0.1) is 0 Å². The molecule has 0 spiro atoms. The highest BCUT2D eigenvalue weighted by molar-refractivity contribution is 6.30. The first kappa shape index (κ1) is 10.3. The van der Waals surface area contributed by atoms with Gasteiger partial charge in [-0.1, -0.05) is 11.6 Å². The van der Waals surface area contributed by atoms with E-state index in [1.807, 2.05) is 0 Å². The summed E-state index contributed by atoms with van der Waals surface area (Å²) in [6, 6.07) is 2.57. The maximum Gasteiger partial charge on any atom is 0.322 e. The molecule has 1 heterocycles. The van der Waals surface area contributed by atoms with E-state index < -0.39 is 23.7 Å². The Morgan fingerprint density at radius 2 is 2.13 bits per heavy atom. The Morgan fingerprint density at radius 1 is 1.53 bits per heavy atom. The summed E-state index contributed by atoms with van der Waals surface area (Å²) >= 11 is 5.54. The van der Waals surface area contributed by atoms with Crippen molar-refractivity contribution >= 4 is 17.6 Å². The predicted molar refractivity (Wildman–Crippen MR) is 48.1 cm³/mol. The van der Waals surface area contributed by atoms with Gasteiger partial charge in [-0.3, -0.25) is 9.78 Å².